The number of carbonyl (C=O) groups is 2. The number of rotatable bonds is 9. The van der Waals surface area contributed by atoms with Crippen LogP contribution in [0, 0.1) is 5.41 Å². The molecule has 1 rings (SSSR count). The van der Waals surface area contributed by atoms with Crippen LogP contribution in [0.5, 0.6) is 0 Å². The number of esters is 1. The molecular weight excluding hydrogens is 348 g/mol. The first-order chi connectivity index (χ1) is 12.6. The van der Waals surface area contributed by atoms with Gasteiger partial charge in [-0.15, -0.1) is 0 Å². The summed E-state index contributed by atoms with van der Waals surface area (Å²) in [6.45, 7) is 6.09. The van der Waals surface area contributed by atoms with Crippen molar-refractivity contribution >= 4 is 18.1 Å². The maximum absolute atomic E-state index is 12.6. The van der Waals surface area contributed by atoms with Crippen LogP contribution in [0.4, 0.5) is 0 Å². The van der Waals surface area contributed by atoms with Crippen LogP contribution in [0.2, 0.25) is 0 Å². The van der Waals surface area contributed by atoms with Crippen molar-refractivity contribution < 1.29 is 24.5 Å². The van der Waals surface area contributed by atoms with E-state index in [9.17, 15) is 19.8 Å². The molecule has 0 fully saturated rings. The van der Waals surface area contributed by atoms with Crippen LogP contribution in [-0.2, 0) is 20.7 Å². The van der Waals surface area contributed by atoms with Gasteiger partial charge in [0.05, 0.1) is 7.11 Å². The minimum absolute atomic E-state index is 0.00970. The number of nitrogens with zero attached hydrogens (tertiary/aromatic N) is 1. The molecule has 1 aromatic carbocycles. The molecule has 0 heterocycles. The zero-order valence-corrected chi connectivity index (χ0v) is 16.4. The normalized spacial score (nSPS) is 14.2. The van der Waals surface area contributed by atoms with Gasteiger partial charge in [0.15, 0.2) is 6.29 Å². The molecule has 1 amide bonds. The van der Waals surface area contributed by atoms with E-state index in [0.29, 0.717) is 6.42 Å². The number of hydrogen-bond acceptors (Lipinski definition) is 6. The molecule has 7 nitrogen and oxygen atoms in total. The zero-order chi connectivity index (χ0) is 20.4. The Kier molecular flexibility index (Phi) is 9.11. The summed E-state index contributed by atoms with van der Waals surface area (Å²) >= 11 is 0. The number of methoxy groups -OCH3 is 1. The number of carbonyl (C=O) groups excluding carboxylic acids is 2. The lowest BCUT2D eigenvalue weighted by Gasteiger charge is -2.20. The van der Waals surface area contributed by atoms with Crippen molar-refractivity contribution in [2.45, 2.75) is 58.4 Å². The number of nitrogens with one attached hydrogen (secondary N) is 1. The van der Waals surface area contributed by atoms with Gasteiger partial charge in [-0.05, 0) is 17.4 Å². The summed E-state index contributed by atoms with van der Waals surface area (Å²) in [4.78, 5) is 28.9. The molecule has 150 valence electrons. The summed E-state index contributed by atoms with van der Waals surface area (Å²) in [5, 5.41) is 21.2. The smallest absolute Gasteiger partial charge is 0.328 e. The number of hydrogen-bond donors (Lipinski definition) is 3. The topological polar surface area (TPSA) is 108 Å². The second kappa shape index (κ2) is 10.8. The quantitative estimate of drug-likeness (QED) is 0.342. The van der Waals surface area contributed by atoms with E-state index >= 15 is 0 Å². The molecule has 0 aliphatic carbocycles. The number of benzene rings is 1. The van der Waals surface area contributed by atoms with Gasteiger partial charge >= 0.3 is 5.97 Å². The van der Waals surface area contributed by atoms with Crippen LogP contribution < -0.4 is 5.32 Å². The fourth-order valence-corrected chi connectivity index (χ4v) is 2.34. The highest BCUT2D eigenvalue weighted by Crippen LogP contribution is 2.17. The van der Waals surface area contributed by atoms with E-state index in [2.05, 4.69) is 10.3 Å². The van der Waals surface area contributed by atoms with E-state index in [4.69, 9.17) is 4.74 Å². The summed E-state index contributed by atoms with van der Waals surface area (Å²) in [6, 6.07) is 7.34. The van der Waals surface area contributed by atoms with Gasteiger partial charge in [0, 0.05) is 19.1 Å². The van der Waals surface area contributed by atoms with Crippen molar-refractivity contribution in [2.75, 3.05) is 7.11 Å². The van der Waals surface area contributed by atoms with Gasteiger partial charge in [-0.3, -0.25) is 9.79 Å². The largest absolute Gasteiger partial charge is 0.467 e. The van der Waals surface area contributed by atoms with Crippen molar-refractivity contribution in [3.05, 3.63) is 35.9 Å². The zero-order valence-electron chi connectivity index (χ0n) is 16.4. The van der Waals surface area contributed by atoms with Gasteiger partial charge in [-0.25, -0.2) is 4.79 Å². The Labute approximate surface area is 160 Å². The number of amides is 1. The maximum atomic E-state index is 12.6. The van der Waals surface area contributed by atoms with Crippen LogP contribution in [0.25, 0.3) is 0 Å². The average Bonchev–Trinajstić information content (AvgIpc) is 2.59. The predicted molar refractivity (Wildman–Crippen MR) is 103 cm³/mol. The Bertz CT molecular complexity index is 623. The number of aliphatic hydroxyl groups is 2. The van der Waals surface area contributed by atoms with Crippen molar-refractivity contribution in [2.24, 2.45) is 10.4 Å². The standard InChI is InChI=1S/C20H30N2O5/c1-20(2,3)10-11-21-15(13-17(23)24)18(25)22-16(19(26)27-4)12-14-8-6-5-7-9-14/h5-9,11,15-17,23-24H,10,12-13H2,1-4H3,(H,22,25)/t15-,16?/m0/s1. The second-order valence-electron chi connectivity index (χ2n) is 7.60. The summed E-state index contributed by atoms with van der Waals surface area (Å²) in [6.07, 6.45) is 0.559. The van der Waals surface area contributed by atoms with Crippen LogP contribution in [0.15, 0.2) is 35.3 Å². The lowest BCUT2D eigenvalue weighted by atomic mass is 9.93. The van der Waals surface area contributed by atoms with Gasteiger partial charge in [0.2, 0.25) is 5.91 Å². The van der Waals surface area contributed by atoms with Crippen LogP contribution in [-0.4, -0.2) is 53.8 Å². The monoisotopic (exact) mass is 378 g/mol. The Balaban J connectivity index is 2.88. The minimum Gasteiger partial charge on any atom is -0.467 e. The summed E-state index contributed by atoms with van der Waals surface area (Å²) < 4.78 is 4.78. The minimum atomic E-state index is -1.68. The van der Waals surface area contributed by atoms with E-state index in [0.717, 1.165) is 5.56 Å². The second-order valence-corrected chi connectivity index (χ2v) is 7.60. The lowest BCUT2D eigenvalue weighted by Crippen LogP contribution is -2.47. The Morgan fingerprint density at radius 1 is 1.22 bits per heavy atom. The number of aliphatic hydroxyl groups excluding tert-OH is 1. The van der Waals surface area contributed by atoms with Crippen molar-refractivity contribution in [3.63, 3.8) is 0 Å². The molecule has 0 aromatic heterocycles. The Hall–Kier alpha value is -2.25. The highest BCUT2D eigenvalue weighted by Gasteiger charge is 2.27. The third-order valence-electron chi connectivity index (χ3n) is 3.81. The highest BCUT2D eigenvalue weighted by molar-refractivity contribution is 5.88. The van der Waals surface area contributed by atoms with E-state index in [1.807, 2.05) is 51.1 Å². The third-order valence-corrected chi connectivity index (χ3v) is 3.81. The fraction of sp³-hybridized carbons (Fsp3) is 0.550. The maximum Gasteiger partial charge on any atom is 0.328 e. The van der Waals surface area contributed by atoms with Crippen molar-refractivity contribution in [1.82, 2.24) is 5.32 Å². The van der Waals surface area contributed by atoms with Crippen molar-refractivity contribution in [3.8, 4) is 0 Å². The van der Waals surface area contributed by atoms with Gasteiger partial charge in [0.25, 0.3) is 0 Å². The molecule has 1 aromatic rings. The molecule has 0 radical (unpaired) electrons. The summed E-state index contributed by atoms with van der Waals surface area (Å²) in [5.74, 6) is -1.13. The number of ether oxygens (including phenoxy) is 1. The molecule has 2 atom stereocenters. The Morgan fingerprint density at radius 3 is 2.37 bits per heavy atom. The van der Waals surface area contributed by atoms with Gasteiger partial charge in [-0.1, -0.05) is 51.1 Å². The van der Waals surface area contributed by atoms with Crippen LogP contribution >= 0.6 is 0 Å². The first-order valence-corrected chi connectivity index (χ1v) is 8.92. The summed E-state index contributed by atoms with van der Waals surface area (Å²) in [5.41, 5.74) is 0.854. The molecule has 0 aliphatic heterocycles. The molecule has 0 saturated carbocycles. The van der Waals surface area contributed by atoms with Crippen molar-refractivity contribution in [1.29, 1.82) is 0 Å². The third kappa shape index (κ3) is 9.30. The summed E-state index contributed by atoms with van der Waals surface area (Å²) in [7, 11) is 1.25. The average molecular weight is 378 g/mol. The van der Waals surface area contributed by atoms with Gasteiger partial charge in [-0.2, -0.15) is 0 Å². The molecule has 3 N–H and O–H groups in total. The molecular formula is C20H30N2O5. The fourth-order valence-electron chi connectivity index (χ4n) is 2.34. The van der Waals surface area contributed by atoms with Crippen LogP contribution in [0.3, 0.4) is 0 Å². The lowest BCUT2D eigenvalue weighted by molar-refractivity contribution is -0.145. The first kappa shape index (κ1) is 22.8. The van der Waals surface area contributed by atoms with E-state index in [1.54, 1.807) is 6.21 Å². The predicted octanol–water partition coefficient (Wildman–Crippen LogP) is 1.46. The molecule has 0 saturated heterocycles. The molecule has 0 spiro atoms. The van der Waals surface area contributed by atoms with Gasteiger partial charge < -0.3 is 20.3 Å². The molecule has 7 heteroatoms. The number of aliphatic imine (C=N–C) groups is 1. The van der Waals surface area contributed by atoms with Gasteiger partial charge in [0.1, 0.15) is 12.1 Å². The Morgan fingerprint density at radius 2 is 1.85 bits per heavy atom. The molecule has 0 aliphatic rings. The van der Waals surface area contributed by atoms with E-state index in [-0.39, 0.29) is 18.3 Å². The molecule has 1 unspecified atom stereocenters. The first-order valence-electron chi connectivity index (χ1n) is 8.92. The van der Waals surface area contributed by atoms with E-state index in [1.165, 1.54) is 7.11 Å². The van der Waals surface area contributed by atoms with Crippen LogP contribution in [0.1, 0.15) is 39.2 Å². The SMILES string of the molecule is COC(=O)C(Cc1ccccc1)NC(=O)[C@H](CC(O)O)N=CCC(C)(C)C. The molecule has 27 heavy (non-hydrogen) atoms. The highest BCUT2D eigenvalue weighted by atomic mass is 16.5. The molecule has 0 bridgehead atoms. The van der Waals surface area contributed by atoms with E-state index < -0.39 is 30.3 Å².